The fraction of sp³-hybridized carbons (Fsp3) is 0.441. The van der Waals surface area contributed by atoms with E-state index in [4.69, 9.17) is 10.3 Å². The third-order valence-electron chi connectivity index (χ3n) is 9.45. The van der Waals surface area contributed by atoms with Gasteiger partial charge in [-0.25, -0.2) is 8.78 Å². The molecule has 0 aliphatic carbocycles. The Hall–Kier alpha value is -5.08. The van der Waals surface area contributed by atoms with Crippen LogP contribution < -0.4 is 20.1 Å². The summed E-state index contributed by atoms with van der Waals surface area (Å²) in [5.74, 6) is -5.78. The van der Waals surface area contributed by atoms with E-state index in [1.54, 1.807) is 22.9 Å². The first-order valence-electron chi connectivity index (χ1n) is 17.2. The van der Waals surface area contributed by atoms with Gasteiger partial charge in [0.1, 0.15) is 11.6 Å². The van der Waals surface area contributed by atoms with Crippen LogP contribution >= 0.6 is 0 Å². The molecule has 3 aromatic rings. The molecule has 2 atom stereocenters. The average molecular weight is 825 g/mol. The summed E-state index contributed by atoms with van der Waals surface area (Å²) in [5, 5.41) is 11.6. The first kappa shape index (κ1) is 42.1. The van der Waals surface area contributed by atoms with Gasteiger partial charge < -0.3 is 29.9 Å². The van der Waals surface area contributed by atoms with Crippen molar-refractivity contribution in [2.24, 2.45) is 5.73 Å². The minimum absolute atomic E-state index is 0.0390. The summed E-state index contributed by atoms with van der Waals surface area (Å²) in [4.78, 5) is 49.0. The number of rotatable bonds is 14. The van der Waals surface area contributed by atoms with Crippen molar-refractivity contribution in [3.63, 3.8) is 0 Å². The van der Waals surface area contributed by atoms with E-state index in [2.05, 4.69) is 19.4 Å². The number of carbonyl (C=O) groups is 3. The Labute approximate surface area is 320 Å². The number of nitrogens with two attached hydrogens (primary N) is 1. The Morgan fingerprint density at radius 1 is 1.12 bits per heavy atom. The Balaban J connectivity index is 1.19. The zero-order chi connectivity index (χ0) is 41.0. The maximum atomic E-state index is 13.9. The topological polar surface area (TPSA) is 237 Å². The van der Waals surface area contributed by atoms with Crippen molar-refractivity contribution in [3.8, 4) is 11.8 Å². The van der Waals surface area contributed by atoms with E-state index in [1.165, 1.54) is 42.5 Å². The Morgan fingerprint density at radius 3 is 2.43 bits per heavy atom. The second-order valence-corrected chi connectivity index (χ2v) is 15.8. The highest BCUT2D eigenvalue weighted by atomic mass is 32.3. The van der Waals surface area contributed by atoms with Gasteiger partial charge >= 0.3 is 10.5 Å². The highest BCUT2D eigenvalue weighted by molar-refractivity contribution is 7.85. The van der Waals surface area contributed by atoms with Crippen molar-refractivity contribution < 1.29 is 52.6 Å². The highest BCUT2D eigenvalue weighted by Crippen LogP contribution is 2.34. The van der Waals surface area contributed by atoms with Gasteiger partial charge in [0, 0.05) is 69.5 Å². The minimum Gasteiger partial charge on any atom is -0.374 e. The molecule has 17 nitrogen and oxygen atoms in total. The number of fused-ring (bicyclic) bond motifs is 1. The zero-order valence-electron chi connectivity index (χ0n) is 30.0. The van der Waals surface area contributed by atoms with Crippen LogP contribution in [0.2, 0.25) is 0 Å². The monoisotopic (exact) mass is 824 g/mol. The quantitative estimate of drug-likeness (QED) is 0.153. The predicted octanol–water partition coefficient (Wildman–Crippen LogP) is 1.10. The molecule has 0 spiro atoms. The highest BCUT2D eigenvalue weighted by Gasteiger charge is 2.47. The molecule has 2 aliphatic rings. The number of piperazine rings is 1. The second kappa shape index (κ2) is 17.0. The van der Waals surface area contributed by atoms with Crippen LogP contribution in [0.25, 0.3) is 10.9 Å². The molecule has 2 fully saturated rings. The zero-order valence-corrected chi connectivity index (χ0v) is 31.6. The van der Waals surface area contributed by atoms with E-state index < -0.39 is 75.7 Å². The maximum absolute atomic E-state index is 13.9. The second-order valence-electron chi connectivity index (χ2n) is 13.5. The van der Waals surface area contributed by atoms with E-state index >= 15 is 0 Å². The van der Waals surface area contributed by atoms with Crippen molar-refractivity contribution in [1.82, 2.24) is 25.0 Å². The lowest BCUT2D eigenvalue weighted by Crippen LogP contribution is -2.53. The van der Waals surface area contributed by atoms with Gasteiger partial charge in [-0.1, -0.05) is 16.0 Å². The number of amides is 3. The summed E-state index contributed by atoms with van der Waals surface area (Å²) in [6, 6.07) is 8.87. The molecule has 0 bridgehead atoms. The third kappa shape index (κ3) is 10.6. The van der Waals surface area contributed by atoms with Gasteiger partial charge in [0.25, 0.3) is 21.9 Å². The lowest BCUT2D eigenvalue weighted by molar-refractivity contribution is -0.134. The standard InChI is InChI=1S/C34H39F3N8O9S2/c1-42(9-2-10-43-11-13-44(14-12-43)33(48)28(39)15-22-3-5-25(6-4-22)55(49,50)51)23-16-27-26(7-8-40-31(27)29(17-23)54-56(37,52)53)32(47)41-20-30(46)45-21-34(35,36)18-24(45)19-38/h3-8,16-17,24,28H,2,9-15,18,20-21,39H2,1H3,(H,41,47)(H,49,50,51)/t24-,28-/m0/s1. The summed E-state index contributed by atoms with van der Waals surface area (Å²) >= 11 is 0. The molecule has 5 rings (SSSR count). The molecular formula is C34H39F3N8O9S2. The summed E-state index contributed by atoms with van der Waals surface area (Å²) in [6.07, 6.45) is 1.07. The fourth-order valence-corrected chi connectivity index (χ4v) is 7.39. The third-order valence-corrected chi connectivity index (χ3v) is 10.7. The summed E-state index contributed by atoms with van der Waals surface area (Å²) in [6.45, 7) is 1.25. The van der Waals surface area contributed by atoms with Crippen LogP contribution in [0.15, 0.2) is 53.6 Å². The molecule has 4 N–H and O–H groups in total. The van der Waals surface area contributed by atoms with Gasteiger partial charge in [0.2, 0.25) is 11.8 Å². The molecular weight excluding hydrogens is 786 g/mol. The summed E-state index contributed by atoms with van der Waals surface area (Å²) < 4.78 is 101. The smallest absolute Gasteiger partial charge is 0.374 e. The number of likely N-dealkylation sites (tertiary alicyclic amines) is 1. The Kier molecular flexibility index (Phi) is 12.7. The van der Waals surface area contributed by atoms with Gasteiger partial charge in [-0.15, -0.1) is 0 Å². The first-order chi connectivity index (χ1) is 26.2. The number of pyridine rings is 1. The van der Waals surface area contributed by atoms with Crippen molar-refractivity contribution in [2.45, 2.75) is 42.2 Å². The van der Waals surface area contributed by atoms with Crippen LogP contribution in [0.1, 0.15) is 28.8 Å². The number of alkyl halides is 2. The summed E-state index contributed by atoms with van der Waals surface area (Å²) in [7, 11) is -8.20. The molecule has 56 heavy (non-hydrogen) atoms. The van der Waals surface area contributed by atoms with Crippen LogP contribution in [-0.2, 0) is 36.6 Å². The van der Waals surface area contributed by atoms with E-state index in [1.807, 2.05) is 0 Å². The minimum atomic E-state index is -5.53. The van der Waals surface area contributed by atoms with Gasteiger partial charge in [0.15, 0.2) is 5.75 Å². The van der Waals surface area contributed by atoms with E-state index in [9.17, 15) is 49.1 Å². The first-order valence-corrected chi connectivity index (χ1v) is 20.0. The SMILES string of the molecule is CN(CCCN1CCN(C(=O)[C@@H](N)Cc2ccc(S(=O)(=O)O)cc2)CC1)c1cc(OS(=O)(=O)F)c2nccc(C(=O)NCC(=O)N3CC(F)(F)C[C@H]3C#N)c2c1. The number of hydrogen-bond donors (Lipinski definition) is 3. The molecule has 0 radical (unpaired) electrons. The van der Waals surface area contributed by atoms with Crippen LogP contribution in [0.3, 0.4) is 0 Å². The number of aromatic nitrogens is 1. The van der Waals surface area contributed by atoms with E-state index in [0.717, 1.165) is 6.20 Å². The van der Waals surface area contributed by atoms with Gasteiger partial charge in [-0.3, -0.25) is 28.8 Å². The van der Waals surface area contributed by atoms with Crippen LogP contribution in [-0.4, -0.2) is 136 Å². The average Bonchev–Trinajstić information content (AvgIpc) is 3.47. The van der Waals surface area contributed by atoms with E-state index in [0.29, 0.717) is 61.8 Å². The van der Waals surface area contributed by atoms with Gasteiger partial charge in [0.05, 0.1) is 35.7 Å². The molecule has 0 unspecified atom stereocenters. The van der Waals surface area contributed by atoms with Crippen molar-refractivity contribution in [1.29, 1.82) is 5.26 Å². The van der Waals surface area contributed by atoms with Crippen LogP contribution in [0.5, 0.6) is 5.75 Å². The molecule has 2 aromatic carbocycles. The molecule has 2 saturated heterocycles. The lowest BCUT2D eigenvalue weighted by Gasteiger charge is -2.36. The van der Waals surface area contributed by atoms with Gasteiger partial charge in [-0.05, 0) is 49.2 Å². The van der Waals surface area contributed by atoms with Crippen LogP contribution in [0.4, 0.5) is 18.4 Å². The maximum Gasteiger partial charge on any atom is 0.488 e. The number of nitrogens with one attached hydrogen (secondary N) is 1. The Bertz CT molecular complexity index is 2230. The number of nitrogens with zero attached hydrogens (tertiary/aromatic N) is 6. The molecule has 1 aromatic heterocycles. The van der Waals surface area contributed by atoms with Crippen molar-refractivity contribution >= 4 is 54.9 Å². The lowest BCUT2D eigenvalue weighted by atomic mass is 10.1. The summed E-state index contributed by atoms with van der Waals surface area (Å²) in [5.41, 5.74) is 6.82. The predicted molar refractivity (Wildman–Crippen MR) is 194 cm³/mol. The number of hydrogen-bond acceptors (Lipinski definition) is 13. The van der Waals surface area contributed by atoms with Gasteiger partial charge in [-0.2, -0.15) is 22.1 Å². The number of anilines is 1. The van der Waals surface area contributed by atoms with Crippen LogP contribution in [0, 0.1) is 11.3 Å². The molecule has 0 saturated carbocycles. The normalized spacial score (nSPS) is 18.0. The number of nitriles is 1. The Morgan fingerprint density at radius 2 is 1.80 bits per heavy atom. The molecule has 3 amide bonds. The van der Waals surface area contributed by atoms with Crippen molar-refractivity contribution in [2.75, 3.05) is 64.3 Å². The molecule has 2 aliphatic heterocycles. The van der Waals surface area contributed by atoms with Crippen molar-refractivity contribution in [3.05, 3.63) is 59.8 Å². The number of halogens is 3. The number of benzene rings is 2. The molecule has 302 valence electrons. The molecule has 3 heterocycles. The molecule has 22 heteroatoms. The largest absolute Gasteiger partial charge is 0.488 e. The number of carbonyl (C=O) groups excluding carboxylic acids is 3. The fourth-order valence-electron chi connectivity index (χ4n) is 6.57. The van der Waals surface area contributed by atoms with E-state index in [-0.39, 0.29) is 33.7 Å².